The zero-order chi connectivity index (χ0) is 12.3. The predicted molar refractivity (Wildman–Crippen MR) is 64.6 cm³/mol. The molecule has 0 radical (unpaired) electrons. The number of hydrogen-bond donors (Lipinski definition) is 1. The average molecular weight is 269 g/mol. The smallest absolute Gasteiger partial charge is 0.264 e. The van der Waals surface area contributed by atoms with Gasteiger partial charge in [0.25, 0.3) is 0 Å². The van der Waals surface area contributed by atoms with Crippen molar-refractivity contribution in [3.8, 4) is 0 Å². The number of pyridine rings is 2. The van der Waals surface area contributed by atoms with Crippen LogP contribution in [0, 0.1) is 0 Å². The molecule has 0 aromatic carbocycles. The second-order valence-electron chi connectivity index (χ2n) is 3.22. The van der Waals surface area contributed by atoms with Gasteiger partial charge in [-0.1, -0.05) is 33.9 Å². The van der Waals surface area contributed by atoms with E-state index in [9.17, 15) is 4.79 Å². The number of halogens is 2. The lowest BCUT2D eigenvalue weighted by atomic mass is 10.2. The lowest BCUT2D eigenvalue weighted by Crippen LogP contribution is -2.47. The zero-order valence-electron chi connectivity index (χ0n) is 8.60. The van der Waals surface area contributed by atoms with E-state index in [-0.39, 0.29) is 16.2 Å². The van der Waals surface area contributed by atoms with Gasteiger partial charge in [-0.05, 0) is 12.1 Å². The van der Waals surface area contributed by atoms with Gasteiger partial charge in [0.15, 0.2) is 12.4 Å². The third-order valence-corrected chi connectivity index (χ3v) is 2.36. The highest BCUT2D eigenvalue weighted by molar-refractivity contribution is 6.33. The lowest BCUT2D eigenvalue weighted by molar-refractivity contribution is -0.641. The molecule has 6 heteroatoms. The molecule has 2 rings (SSSR count). The van der Waals surface area contributed by atoms with Gasteiger partial charge < -0.3 is 0 Å². The maximum Gasteiger partial charge on any atom is 0.305 e. The van der Waals surface area contributed by atoms with Crippen LogP contribution in [-0.2, 0) is 0 Å². The first-order valence-corrected chi connectivity index (χ1v) is 5.51. The number of amides is 1. The van der Waals surface area contributed by atoms with Crippen molar-refractivity contribution in [2.24, 2.45) is 0 Å². The van der Waals surface area contributed by atoms with E-state index >= 15 is 0 Å². The van der Waals surface area contributed by atoms with E-state index in [1.165, 1.54) is 16.8 Å². The van der Waals surface area contributed by atoms with E-state index in [1.807, 2.05) is 6.07 Å². The van der Waals surface area contributed by atoms with Crippen molar-refractivity contribution in [3.05, 3.63) is 58.6 Å². The number of carbonyl (C=O) groups is 1. The number of nitrogens with zero attached hydrogens (tertiary/aromatic N) is 2. The van der Waals surface area contributed by atoms with Gasteiger partial charge in [0.2, 0.25) is 0 Å². The highest BCUT2D eigenvalue weighted by atomic mass is 35.5. The molecule has 0 unspecified atom stereocenters. The van der Waals surface area contributed by atoms with Crippen molar-refractivity contribution in [2.45, 2.75) is 0 Å². The first-order valence-electron chi connectivity index (χ1n) is 4.76. The molecular weight excluding hydrogens is 261 g/mol. The molecule has 2 aromatic rings. The first-order chi connectivity index (χ1) is 8.15. The average Bonchev–Trinajstić information content (AvgIpc) is 2.29. The number of nitrogens with one attached hydrogen (secondary N) is 1. The summed E-state index contributed by atoms with van der Waals surface area (Å²) in [4.78, 5) is 15.6. The van der Waals surface area contributed by atoms with Crippen LogP contribution < -0.4 is 10.1 Å². The molecule has 0 spiro atoms. The number of hydrogen-bond acceptors (Lipinski definition) is 2. The van der Waals surface area contributed by atoms with Gasteiger partial charge in [0.1, 0.15) is 10.3 Å². The van der Waals surface area contributed by atoms with E-state index in [0.717, 1.165) is 0 Å². The highest BCUT2D eigenvalue weighted by Gasteiger charge is 2.12. The molecule has 0 saturated carbocycles. The van der Waals surface area contributed by atoms with Gasteiger partial charge in [-0.25, -0.2) is 4.98 Å². The van der Waals surface area contributed by atoms with Crippen LogP contribution in [0.15, 0.2) is 42.7 Å². The molecule has 0 aliphatic carbocycles. The summed E-state index contributed by atoms with van der Waals surface area (Å²) in [6.07, 6.45) is 3.42. The van der Waals surface area contributed by atoms with Gasteiger partial charge in [-0.2, -0.15) is 0 Å². The van der Waals surface area contributed by atoms with Gasteiger partial charge in [-0.3, -0.25) is 4.79 Å². The molecule has 0 bridgehead atoms. The van der Waals surface area contributed by atoms with E-state index in [2.05, 4.69) is 10.4 Å². The minimum Gasteiger partial charge on any atom is -0.264 e. The first kappa shape index (κ1) is 11.8. The molecule has 0 fully saturated rings. The van der Waals surface area contributed by atoms with Gasteiger partial charge >= 0.3 is 5.91 Å². The summed E-state index contributed by atoms with van der Waals surface area (Å²) in [6.45, 7) is 0. The Kier molecular flexibility index (Phi) is 3.56. The second-order valence-corrected chi connectivity index (χ2v) is 4.00. The van der Waals surface area contributed by atoms with Crippen LogP contribution in [0.2, 0.25) is 10.3 Å². The Morgan fingerprint density at radius 1 is 1.12 bits per heavy atom. The van der Waals surface area contributed by atoms with Crippen LogP contribution in [-0.4, -0.2) is 10.9 Å². The fourth-order valence-corrected chi connectivity index (χ4v) is 1.71. The SMILES string of the molecule is O=C(N[n+]1ccccc1)c1cc(Cl)nc(Cl)c1. The molecule has 17 heavy (non-hydrogen) atoms. The monoisotopic (exact) mass is 268 g/mol. The molecule has 0 atom stereocenters. The summed E-state index contributed by atoms with van der Waals surface area (Å²) in [6, 6.07) is 8.35. The summed E-state index contributed by atoms with van der Waals surface area (Å²) in [5.74, 6) is -0.313. The van der Waals surface area contributed by atoms with Crippen LogP contribution in [0.4, 0.5) is 0 Å². The molecule has 1 amide bonds. The van der Waals surface area contributed by atoms with Crippen molar-refractivity contribution in [1.82, 2.24) is 4.98 Å². The molecule has 0 saturated heterocycles. The molecule has 0 aliphatic rings. The Labute approximate surface area is 108 Å². The third kappa shape index (κ3) is 3.15. The Morgan fingerprint density at radius 2 is 1.71 bits per heavy atom. The zero-order valence-corrected chi connectivity index (χ0v) is 10.1. The maximum atomic E-state index is 11.8. The van der Waals surface area contributed by atoms with Gasteiger partial charge in [0.05, 0.1) is 5.56 Å². The molecular formula is C11H8Cl2N3O+. The molecule has 1 N–H and O–H groups in total. The van der Waals surface area contributed by atoms with E-state index in [4.69, 9.17) is 23.2 Å². The fraction of sp³-hybridized carbons (Fsp3) is 0. The Bertz CT molecular complexity index is 525. The highest BCUT2D eigenvalue weighted by Crippen LogP contribution is 2.14. The largest absolute Gasteiger partial charge is 0.305 e. The van der Waals surface area contributed by atoms with E-state index in [1.54, 1.807) is 24.5 Å². The quantitative estimate of drug-likeness (QED) is 0.670. The number of rotatable bonds is 2. The summed E-state index contributed by atoms with van der Waals surface area (Å²) >= 11 is 11.4. The van der Waals surface area contributed by atoms with Crippen LogP contribution in [0.1, 0.15) is 10.4 Å². The van der Waals surface area contributed by atoms with E-state index < -0.39 is 0 Å². The normalized spacial score (nSPS) is 10.0. The minimum absolute atomic E-state index is 0.181. The number of aromatic nitrogens is 2. The Balaban J connectivity index is 2.20. The van der Waals surface area contributed by atoms with Crippen LogP contribution >= 0.6 is 23.2 Å². The summed E-state index contributed by atoms with van der Waals surface area (Å²) < 4.78 is 1.53. The summed E-state index contributed by atoms with van der Waals surface area (Å²) in [5, 5.41) is 0.362. The van der Waals surface area contributed by atoms with Crippen molar-refractivity contribution in [3.63, 3.8) is 0 Å². The molecule has 2 aromatic heterocycles. The summed E-state index contributed by atoms with van der Waals surface area (Å²) in [5.41, 5.74) is 3.00. The van der Waals surface area contributed by atoms with Crippen LogP contribution in [0.5, 0.6) is 0 Å². The predicted octanol–water partition coefficient (Wildman–Crippen LogP) is 2.06. The molecule has 2 heterocycles. The third-order valence-electron chi connectivity index (χ3n) is 1.97. The van der Waals surface area contributed by atoms with E-state index in [0.29, 0.717) is 5.56 Å². The van der Waals surface area contributed by atoms with Gasteiger partial charge in [0, 0.05) is 12.1 Å². The molecule has 86 valence electrons. The molecule has 0 aliphatic heterocycles. The van der Waals surface area contributed by atoms with Crippen molar-refractivity contribution in [1.29, 1.82) is 0 Å². The lowest BCUT2D eigenvalue weighted by Gasteiger charge is -2.00. The number of carbonyl (C=O) groups excluding carboxylic acids is 1. The van der Waals surface area contributed by atoms with Crippen molar-refractivity contribution in [2.75, 3.05) is 5.43 Å². The molecule has 4 nitrogen and oxygen atoms in total. The maximum absolute atomic E-state index is 11.8. The summed E-state index contributed by atoms with van der Waals surface area (Å²) in [7, 11) is 0. The van der Waals surface area contributed by atoms with Gasteiger partial charge in [-0.15, -0.1) is 5.43 Å². The second kappa shape index (κ2) is 5.12. The van der Waals surface area contributed by atoms with Crippen LogP contribution in [0.3, 0.4) is 0 Å². The standard InChI is InChI=1S/C11H7Cl2N3O/c12-9-6-8(7-10(13)14-9)11(17)15-16-4-2-1-3-5-16/h1-7H/p+1. The topological polar surface area (TPSA) is 45.9 Å². The van der Waals surface area contributed by atoms with Crippen molar-refractivity contribution >= 4 is 29.1 Å². The Morgan fingerprint density at radius 3 is 2.29 bits per heavy atom. The van der Waals surface area contributed by atoms with Crippen molar-refractivity contribution < 1.29 is 9.47 Å². The van der Waals surface area contributed by atoms with Crippen LogP contribution in [0.25, 0.3) is 0 Å². The minimum atomic E-state index is -0.313. The fourth-order valence-electron chi connectivity index (χ4n) is 1.25. The Hall–Kier alpha value is -1.65.